The molecule has 11 heteroatoms. The summed E-state index contributed by atoms with van der Waals surface area (Å²) in [4.78, 5) is 61.9. The predicted octanol–water partition coefficient (Wildman–Crippen LogP) is 1.97. The van der Waals surface area contributed by atoms with Crippen LogP contribution in [0.5, 0.6) is 0 Å². The maximum Gasteiger partial charge on any atom is 0.313 e. The summed E-state index contributed by atoms with van der Waals surface area (Å²) in [5.41, 5.74) is 0. The van der Waals surface area contributed by atoms with E-state index in [-0.39, 0.29) is 62.8 Å². The van der Waals surface area contributed by atoms with Gasteiger partial charge >= 0.3 is 17.9 Å². The van der Waals surface area contributed by atoms with Gasteiger partial charge in [-0.1, -0.05) is 6.92 Å². The van der Waals surface area contributed by atoms with Gasteiger partial charge in [0.05, 0.1) is 19.8 Å². The van der Waals surface area contributed by atoms with E-state index in [1.165, 1.54) is 20.8 Å². The van der Waals surface area contributed by atoms with Gasteiger partial charge in [0.25, 0.3) is 0 Å². The minimum absolute atomic E-state index is 0. The number of Topliss-reactive ketones (excluding diaryl/α,β-unsaturated/α-hetero) is 3. The number of esters is 3. The van der Waals surface area contributed by atoms with Gasteiger partial charge in [0, 0.05) is 32.8 Å². The molecule has 0 radical (unpaired) electrons. The van der Waals surface area contributed by atoms with Crippen LogP contribution in [0.25, 0.3) is 0 Å². The van der Waals surface area contributed by atoms with Gasteiger partial charge in [0.15, 0.2) is 0 Å². The topological polar surface area (TPSA) is 150 Å². The number of ether oxygens (including phenoxy) is 3. The molecule has 0 bridgehead atoms. The van der Waals surface area contributed by atoms with Gasteiger partial charge in [0.2, 0.25) is 0 Å². The van der Waals surface area contributed by atoms with Crippen LogP contribution in [0.2, 0.25) is 0 Å². The Kier molecular flexibility index (Phi) is 39.9. The fourth-order valence-corrected chi connectivity index (χ4v) is 1.25. The molecule has 0 spiro atoms. The molecular formula is C21H38O10Zr. The Labute approximate surface area is 209 Å². The van der Waals surface area contributed by atoms with Crippen LogP contribution in [0.15, 0.2) is 0 Å². The van der Waals surface area contributed by atoms with E-state index in [1.54, 1.807) is 20.8 Å². The number of carbonyl (C=O) groups excluding carboxylic acids is 6. The molecular weight excluding hydrogens is 503 g/mol. The molecule has 0 aromatic carbocycles. The van der Waals surface area contributed by atoms with Crippen LogP contribution in [0.3, 0.4) is 0 Å². The standard InChI is InChI=1S/3C6H10O3.C3H8O.Zr/c3*1-3-9-6(8)4-5(2)7;1-2-3-4;/h3*3-4H2,1-2H3;4H,2-3H2,1H3;. The number of ketones is 3. The fourth-order valence-electron chi connectivity index (χ4n) is 1.25. The summed E-state index contributed by atoms with van der Waals surface area (Å²) in [5, 5.41) is 7.88. The zero-order valence-electron chi connectivity index (χ0n) is 20.3. The van der Waals surface area contributed by atoms with Gasteiger partial charge in [-0.25, -0.2) is 0 Å². The van der Waals surface area contributed by atoms with E-state index >= 15 is 0 Å². The van der Waals surface area contributed by atoms with Crippen molar-refractivity contribution in [3.05, 3.63) is 0 Å². The van der Waals surface area contributed by atoms with Gasteiger partial charge < -0.3 is 19.3 Å². The van der Waals surface area contributed by atoms with Crippen molar-refractivity contribution in [3.63, 3.8) is 0 Å². The number of hydrogen-bond acceptors (Lipinski definition) is 10. The molecule has 0 saturated heterocycles. The summed E-state index contributed by atoms with van der Waals surface area (Å²) >= 11 is 0. The van der Waals surface area contributed by atoms with Crippen molar-refractivity contribution in [2.45, 2.75) is 74.1 Å². The second kappa shape index (κ2) is 31.4. The van der Waals surface area contributed by atoms with Crippen LogP contribution in [-0.2, 0) is 69.2 Å². The van der Waals surface area contributed by atoms with E-state index in [0.717, 1.165) is 6.42 Å². The minimum atomic E-state index is -0.440. The molecule has 0 saturated carbocycles. The molecule has 10 nitrogen and oxygen atoms in total. The first-order valence-electron chi connectivity index (χ1n) is 9.97. The Morgan fingerprint density at radius 3 is 0.844 bits per heavy atom. The van der Waals surface area contributed by atoms with Crippen molar-refractivity contribution in [3.8, 4) is 0 Å². The Bertz CT molecular complexity index is 459. The monoisotopic (exact) mass is 540 g/mol. The Balaban J connectivity index is -0.000000104. The van der Waals surface area contributed by atoms with Gasteiger partial charge in [-0.3, -0.25) is 28.8 Å². The summed E-state index contributed by atoms with van der Waals surface area (Å²) in [6.07, 6.45) is 0.565. The molecule has 0 amide bonds. The molecule has 0 atom stereocenters. The number of carbonyl (C=O) groups is 6. The fraction of sp³-hybridized carbons (Fsp3) is 0.714. The van der Waals surface area contributed by atoms with Crippen LogP contribution in [0.4, 0.5) is 0 Å². The van der Waals surface area contributed by atoms with Gasteiger partial charge in [-0.05, 0) is 48.0 Å². The number of hydrogen-bond donors (Lipinski definition) is 1. The summed E-state index contributed by atoms with van der Waals surface area (Å²) in [6.45, 7) is 12.5. The number of rotatable bonds is 10. The van der Waals surface area contributed by atoms with Crippen molar-refractivity contribution < 1.29 is 74.3 Å². The van der Waals surface area contributed by atoms with Gasteiger partial charge in [-0.2, -0.15) is 0 Å². The van der Waals surface area contributed by atoms with E-state index in [1.807, 2.05) is 6.92 Å². The second-order valence-electron chi connectivity index (χ2n) is 5.78. The third-order valence-corrected chi connectivity index (χ3v) is 2.32. The van der Waals surface area contributed by atoms with Gasteiger partial charge in [-0.15, -0.1) is 0 Å². The van der Waals surface area contributed by atoms with Crippen molar-refractivity contribution in [1.29, 1.82) is 0 Å². The molecule has 0 aliphatic rings. The first-order valence-corrected chi connectivity index (χ1v) is 9.97. The first-order chi connectivity index (χ1) is 14.4. The Hall–Kier alpha value is -1.74. The zero-order valence-corrected chi connectivity index (χ0v) is 22.7. The molecule has 1 N–H and O–H groups in total. The largest absolute Gasteiger partial charge is 0.466 e. The maximum absolute atomic E-state index is 10.4. The van der Waals surface area contributed by atoms with Crippen LogP contribution in [0.1, 0.15) is 74.1 Å². The van der Waals surface area contributed by atoms with E-state index in [0.29, 0.717) is 26.4 Å². The molecule has 0 aliphatic heterocycles. The van der Waals surface area contributed by atoms with E-state index in [4.69, 9.17) is 5.11 Å². The quantitative estimate of drug-likeness (QED) is 0.247. The second-order valence-corrected chi connectivity index (χ2v) is 5.78. The van der Waals surface area contributed by atoms with Crippen LogP contribution < -0.4 is 0 Å². The van der Waals surface area contributed by atoms with E-state index in [2.05, 4.69) is 14.2 Å². The number of aliphatic hydroxyl groups excluding tert-OH is 1. The minimum Gasteiger partial charge on any atom is -0.466 e. The van der Waals surface area contributed by atoms with Crippen molar-refractivity contribution >= 4 is 35.3 Å². The average molecular weight is 542 g/mol. The summed E-state index contributed by atoms with van der Waals surface area (Å²) in [6, 6.07) is 0. The van der Waals surface area contributed by atoms with E-state index < -0.39 is 17.9 Å². The predicted molar refractivity (Wildman–Crippen MR) is 113 cm³/mol. The zero-order chi connectivity index (χ0) is 25.2. The smallest absolute Gasteiger partial charge is 0.313 e. The third kappa shape index (κ3) is 51.2. The molecule has 0 heterocycles. The summed E-state index contributed by atoms with van der Waals surface area (Å²) in [5.74, 6) is -1.80. The maximum atomic E-state index is 10.4. The Morgan fingerprint density at radius 1 is 0.562 bits per heavy atom. The molecule has 0 aromatic rings. The molecule has 0 rings (SSSR count). The molecule has 0 fully saturated rings. The molecule has 0 aromatic heterocycles. The van der Waals surface area contributed by atoms with Crippen LogP contribution in [0, 0.1) is 0 Å². The average Bonchev–Trinajstić information content (AvgIpc) is 2.61. The van der Waals surface area contributed by atoms with E-state index in [9.17, 15) is 28.8 Å². The molecule has 0 aliphatic carbocycles. The van der Waals surface area contributed by atoms with Crippen molar-refractivity contribution in [2.24, 2.45) is 0 Å². The molecule has 32 heavy (non-hydrogen) atoms. The molecule has 186 valence electrons. The first kappa shape index (κ1) is 40.6. The SMILES string of the molecule is CCCO.CCOC(=O)CC(C)=O.CCOC(=O)CC(C)=O.CCOC(=O)CC(C)=O.[Zr]. The molecule has 0 unspecified atom stereocenters. The number of aliphatic hydroxyl groups is 1. The Morgan fingerprint density at radius 2 is 0.750 bits per heavy atom. The van der Waals surface area contributed by atoms with Gasteiger partial charge in [0.1, 0.15) is 36.6 Å². The van der Waals surface area contributed by atoms with Crippen LogP contribution in [-0.4, -0.2) is 66.8 Å². The summed E-state index contributed by atoms with van der Waals surface area (Å²) in [7, 11) is 0. The van der Waals surface area contributed by atoms with Crippen molar-refractivity contribution in [1.82, 2.24) is 0 Å². The van der Waals surface area contributed by atoms with Crippen molar-refractivity contribution in [2.75, 3.05) is 26.4 Å². The summed E-state index contributed by atoms with van der Waals surface area (Å²) < 4.78 is 13.5. The third-order valence-electron chi connectivity index (χ3n) is 2.32. The normalized spacial score (nSPS) is 8.25. The van der Waals surface area contributed by atoms with Crippen LogP contribution >= 0.6 is 0 Å².